The SMILES string of the molecule is C[C@@H](OCC1CC1)C(=O)N1CCC[C@H]1Cn1cccn1. The fourth-order valence-corrected chi connectivity index (χ4v) is 2.81. The van der Waals surface area contributed by atoms with Crippen molar-refractivity contribution in [3.8, 4) is 0 Å². The van der Waals surface area contributed by atoms with E-state index < -0.39 is 0 Å². The number of carbonyl (C=O) groups is 1. The summed E-state index contributed by atoms with van der Waals surface area (Å²) >= 11 is 0. The largest absolute Gasteiger partial charge is 0.368 e. The highest BCUT2D eigenvalue weighted by atomic mass is 16.5. The average Bonchev–Trinajstić information content (AvgIpc) is 2.94. The Bertz CT molecular complexity index is 442. The number of ether oxygens (including phenoxy) is 1. The Hall–Kier alpha value is -1.36. The van der Waals surface area contributed by atoms with Gasteiger partial charge in [-0.05, 0) is 44.6 Å². The standard InChI is InChI=1S/C15H23N3O2/c1-12(20-11-13-5-6-13)15(19)18-9-2-4-14(18)10-17-8-3-7-16-17/h3,7-8,12-14H,2,4-6,9-11H2,1H3/t12-,14+/m1/s1. The molecule has 3 rings (SSSR count). The molecule has 110 valence electrons. The monoisotopic (exact) mass is 277 g/mol. The number of carbonyl (C=O) groups excluding carboxylic acids is 1. The number of likely N-dealkylation sites (tertiary alicyclic amines) is 1. The second-order valence-corrected chi connectivity index (χ2v) is 5.97. The van der Waals surface area contributed by atoms with Crippen LogP contribution in [0, 0.1) is 5.92 Å². The number of hydrogen-bond acceptors (Lipinski definition) is 3. The number of hydrogen-bond donors (Lipinski definition) is 0. The number of nitrogens with zero attached hydrogens (tertiary/aromatic N) is 3. The van der Waals surface area contributed by atoms with Gasteiger partial charge in [0.2, 0.25) is 0 Å². The molecule has 2 heterocycles. The van der Waals surface area contributed by atoms with Crippen LogP contribution in [0.15, 0.2) is 18.5 Å². The second-order valence-electron chi connectivity index (χ2n) is 5.97. The van der Waals surface area contributed by atoms with Crippen molar-refractivity contribution in [1.29, 1.82) is 0 Å². The summed E-state index contributed by atoms with van der Waals surface area (Å²) in [5.41, 5.74) is 0. The zero-order valence-corrected chi connectivity index (χ0v) is 12.1. The van der Waals surface area contributed by atoms with Gasteiger partial charge in [-0.3, -0.25) is 9.48 Å². The van der Waals surface area contributed by atoms with Crippen LogP contribution in [-0.2, 0) is 16.1 Å². The van der Waals surface area contributed by atoms with Crippen molar-refractivity contribution in [3.05, 3.63) is 18.5 Å². The first-order valence-corrected chi connectivity index (χ1v) is 7.63. The van der Waals surface area contributed by atoms with Crippen LogP contribution in [0.25, 0.3) is 0 Å². The maximum atomic E-state index is 12.5. The summed E-state index contributed by atoms with van der Waals surface area (Å²) in [4.78, 5) is 14.5. The number of amides is 1. The lowest BCUT2D eigenvalue weighted by Crippen LogP contribution is -2.43. The minimum Gasteiger partial charge on any atom is -0.368 e. The summed E-state index contributed by atoms with van der Waals surface area (Å²) in [7, 11) is 0. The van der Waals surface area contributed by atoms with Crippen molar-refractivity contribution >= 4 is 5.91 Å². The van der Waals surface area contributed by atoms with Gasteiger partial charge in [0.1, 0.15) is 6.10 Å². The van der Waals surface area contributed by atoms with Gasteiger partial charge in [0.05, 0.1) is 19.2 Å². The molecule has 2 atom stereocenters. The van der Waals surface area contributed by atoms with Crippen molar-refractivity contribution in [2.24, 2.45) is 5.92 Å². The molecular formula is C15H23N3O2. The minimum absolute atomic E-state index is 0.139. The van der Waals surface area contributed by atoms with Crippen molar-refractivity contribution in [3.63, 3.8) is 0 Å². The zero-order valence-electron chi connectivity index (χ0n) is 12.1. The third-order valence-electron chi connectivity index (χ3n) is 4.24. The third-order valence-corrected chi connectivity index (χ3v) is 4.24. The van der Waals surface area contributed by atoms with E-state index in [1.54, 1.807) is 6.20 Å². The Kier molecular flexibility index (Phi) is 4.05. The lowest BCUT2D eigenvalue weighted by atomic mass is 10.2. The summed E-state index contributed by atoms with van der Waals surface area (Å²) in [5, 5.41) is 4.23. The molecule has 1 amide bonds. The van der Waals surface area contributed by atoms with Crippen LogP contribution in [0.2, 0.25) is 0 Å². The molecule has 1 aliphatic heterocycles. The average molecular weight is 277 g/mol. The highest BCUT2D eigenvalue weighted by molar-refractivity contribution is 5.81. The van der Waals surface area contributed by atoms with Crippen molar-refractivity contribution in [1.82, 2.24) is 14.7 Å². The van der Waals surface area contributed by atoms with Gasteiger partial charge in [-0.25, -0.2) is 0 Å². The van der Waals surface area contributed by atoms with E-state index in [4.69, 9.17) is 4.74 Å². The third kappa shape index (κ3) is 3.20. The van der Waals surface area contributed by atoms with E-state index in [0.717, 1.165) is 32.5 Å². The topological polar surface area (TPSA) is 47.4 Å². The first-order valence-electron chi connectivity index (χ1n) is 7.63. The predicted molar refractivity (Wildman–Crippen MR) is 75.1 cm³/mol. The maximum Gasteiger partial charge on any atom is 0.251 e. The summed E-state index contributed by atoms with van der Waals surface area (Å²) in [6.45, 7) is 4.26. The Morgan fingerprint density at radius 3 is 3.00 bits per heavy atom. The fraction of sp³-hybridized carbons (Fsp3) is 0.733. The van der Waals surface area contributed by atoms with Gasteiger partial charge < -0.3 is 9.64 Å². The van der Waals surface area contributed by atoms with E-state index in [-0.39, 0.29) is 18.1 Å². The molecule has 1 saturated heterocycles. The van der Waals surface area contributed by atoms with Gasteiger partial charge in [-0.1, -0.05) is 0 Å². The molecule has 1 saturated carbocycles. The highest BCUT2D eigenvalue weighted by Crippen LogP contribution is 2.29. The molecule has 0 N–H and O–H groups in total. The summed E-state index contributed by atoms with van der Waals surface area (Å²) in [5.74, 6) is 0.837. The van der Waals surface area contributed by atoms with Crippen LogP contribution < -0.4 is 0 Å². The van der Waals surface area contributed by atoms with Gasteiger partial charge in [-0.2, -0.15) is 5.10 Å². The Morgan fingerprint density at radius 1 is 1.45 bits per heavy atom. The number of rotatable bonds is 6. The first kappa shape index (κ1) is 13.6. The van der Waals surface area contributed by atoms with Gasteiger partial charge >= 0.3 is 0 Å². The molecule has 0 unspecified atom stereocenters. The van der Waals surface area contributed by atoms with Crippen LogP contribution in [0.1, 0.15) is 32.6 Å². The van der Waals surface area contributed by atoms with Gasteiger partial charge in [-0.15, -0.1) is 0 Å². The van der Waals surface area contributed by atoms with Crippen LogP contribution in [0.4, 0.5) is 0 Å². The molecule has 5 heteroatoms. The quantitative estimate of drug-likeness (QED) is 0.795. The lowest BCUT2D eigenvalue weighted by molar-refractivity contribution is -0.144. The van der Waals surface area contributed by atoms with Crippen LogP contribution in [-0.4, -0.2) is 45.9 Å². The highest BCUT2D eigenvalue weighted by Gasteiger charge is 2.33. The predicted octanol–water partition coefficient (Wildman–Crippen LogP) is 1.69. The molecule has 1 aliphatic carbocycles. The summed E-state index contributed by atoms with van der Waals surface area (Å²) in [6, 6.07) is 2.18. The van der Waals surface area contributed by atoms with Crippen molar-refractivity contribution < 1.29 is 9.53 Å². The van der Waals surface area contributed by atoms with E-state index >= 15 is 0 Å². The van der Waals surface area contributed by atoms with Gasteiger partial charge in [0.15, 0.2) is 0 Å². The van der Waals surface area contributed by atoms with Crippen LogP contribution >= 0.6 is 0 Å². The maximum absolute atomic E-state index is 12.5. The smallest absolute Gasteiger partial charge is 0.251 e. The fourth-order valence-electron chi connectivity index (χ4n) is 2.81. The molecule has 0 radical (unpaired) electrons. The normalized spacial score (nSPS) is 24.1. The Labute approximate surface area is 119 Å². The van der Waals surface area contributed by atoms with Gasteiger partial charge in [0, 0.05) is 18.9 Å². The summed E-state index contributed by atoms with van der Waals surface area (Å²) < 4.78 is 7.62. The van der Waals surface area contributed by atoms with E-state index in [1.165, 1.54) is 12.8 Å². The van der Waals surface area contributed by atoms with E-state index in [9.17, 15) is 4.79 Å². The van der Waals surface area contributed by atoms with E-state index in [2.05, 4.69) is 5.10 Å². The van der Waals surface area contributed by atoms with Crippen LogP contribution in [0.5, 0.6) is 0 Å². The van der Waals surface area contributed by atoms with Gasteiger partial charge in [0.25, 0.3) is 5.91 Å². The molecule has 2 aliphatic rings. The molecule has 20 heavy (non-hydrogen) atoms. The van der Waals surface area contributed by atoms with Crippen LogP contribution in [0.3, 0.4) is 0 Å². The lowest BCUT2D eigenvalue weighted by Gasteiger charge is -2.27. The van der Waals surface area contributed by atoms with Crippen molar-refractivity contribution in [2.45, 2.75) is 51.3 Å². The molecule has 0 bridgehead atoms. The second kappa shape index (κ2) is 5.95. The number of aromatic nitrogens is 2. The minimum atomic E-state index is -0.311. The molecule has 1 aromatic rings. The summed E-state index contributed by atoms with van der Waals surface area (Å²) in [6.07, 6.45) is 8.07. The Morgan fingerprint density at radius 2 is 2.30 bits per heavy atom. The van der Waals surface area contributed by atoms with Crippen molar-refractivity contribution in [2.75, 3.05) is 13.2 Å². The molecular weight excluding hydrogens is 254 g/mol. The zero-order chi connectivity index (χ0) is 13.9. The molecule has 0 spiro atoms. The van der Waals surface area contributed by atoms with E-state index in [0.29, 0.717) is 5.92 Å². The van der Waals surface area contributed by atoms with E-state index in [1.807, 2.05) is 28.8 Å². The Balaban J connectivity index is 1.54. The first-order chi connectivity index (χ1) is 9.74. The molecule has 0 aromatic carbocycles. The molecule has 2 fully saturated rings. The molecule has 5 nitrogen and oxygen atoms in total. The molecule has 1 aromatic heterocycles.